The number of hydrogen-bond donors (Lipinski definition) is 2. The smallest absolute Gasteiger partial charge is 0.269 e. The summed E-state index contributed by atoms with van der Waals surface area (Å²) in [6.07, 6.45) is 0. The first-order valence-corrected chi connectivity index (χ1v) is 7.33. The molecule has 6 heteroatoms. The number of H-pyrrole nitrogens is 1. The molecule has 0 aliphatic heterocycles. The first kappa shape index (κ1) is 15.2. The molecule has 3 rings (SSSR count). The maximum Gasteiger partial charge on any atom is 0.269 e. The molecule has 1 amide bonds. The van der Waals surface area contributed by atoms with Crippen molar-refractivity contribution in [3.8, 4) is 11.3 Å². The average Bonchev–Trinajstić information content (AvgIpc) is 3.05. The molecule has 0 fully saturated rings. The van der Waals surface area contributed by atoms with Crippen molar-refractivity contribution in [3.05, 3.63) is 76.7 Å². The van der Waals surface area contributed by atoms with Crippen LogP contribution in [0.1, 0.15) is 16.1 Å². The summed E-state index contributed by atoms with van der Waals surface area (Å²) in [6.45, 7) is 0.314. The van der Waals surface area contributed by atoms with E-state index in [0.717, 1.165) is 11.1 Å². The summed E-state index contributed by atoms with van der Waals surface area (Å²) >= 11 is 5.85. The molecule has 116 valence electrons. The van der Waals surface area contributed by atoms with Crippen molar-refractivity contribution in [1.82, 2.24) is 15.5 Å². The van der Waals surface area contributed by atoms with Gasteiger partial charge in [0, 0.05) is 17.1 Å². The van der Waals surface area contributed by atoms with Crippen LogP contribution in [-0.2, 0) is 6.54 Å². The zero-order valence-corrected chi connectivity index (χ0v) is 12.8. The molecule has 2 aromatic carbocycles. The molecule has 0 spiro atoms. The molecule has 0 bridgehead atoms. The zero-order valence-electron chi connectivity index (χ0n) is 12.0. The van der Waals surface area contributed by atoms with E-state index < -0.39 is 0 Å². The first-order valence-electron chi connectivity index (χ1n) is 6.96. The maximum atomic E-state index is 12.8. The van der Waals surface area contributed by atoms with Crippen molar-refractivity contribution in [3.63, 3.8) is 0 Å². The van der Waals surface area contributed by atoms with Crippen LogP contribution >= 0.6 is 11.6 Å². The summed E-state index contributed by atoms with van der Waals surface area (Å²) in [6, 6.07) is 14.8. The van der Waals surface area contributed by atoms with Crippen LogP contribution < -0.4 is 5.32 Å². The minimum atomic E-state index is -0.304. The Hall–Kier alpha value is -2.66. The van der Waals surface area contributed by atoms with Crippen LogP contribution in [0.25, 0.3) is 11.3 Å². The van der Waals surface area contributed by atoms with E-state index in [9.17, 15) is 9.18 Å². The Morgan fingerprint density at radius 3 is 2.52 bits per heavy atom. The fourth-order valence-electron chi connectivity index (χ4n) is 2.09. The van der Waals surface area contributed by atoms with Gasteiger partial charge in [-0.25, -0.2) is 4.39 Å². The fourth-order valence-corrected chi connectivity index (χ4v) is 2.21. The van der Waals surface area contributed by atoms with E-state index in [4.69, 9.17) is 11.6 Å². The van der Waals surface area contributed by atoms with Gasteiger partial charge in [-0.1, -0.05) is 35.9 Å². The molecule has 23 heavy (non-hydrogen) atoms. The second-order valence-electron chi connectivity index (χ2n) is 4.98. The normalized spacial score (nSPS) is 10.5. The van der Waals surface area contributed by atoms with Crippen LogP contribution in [-0.4, -0.2) is 16.1 Å². The number of amides is 1. The van der Waals surface area contributed by atoms with Gasteiger partial charge in [0.1, 0.15) is 11.5 Å². The van der Waals surface area contributed by atoms with Gasteiger partial charge in [0.2, 0.25) is 0 Å². The molecule has 2 N–H and O–H groups in total. The molecular formula is C17H13ClFN3O. The number of aromatic nitrogens is 2. The van der Waals surface area contributed by atoms with Crippen molar-refractivity contribution < 1.29 is 9.18 Å². The lowest BCUT2D eigenvalue weighted by Crippen LogP contribution is -2.23. The second-order valence-corrected chi connectivity index (χ2v) is 5.42. The third-order valence-electron chi connectivity index (χ3n) is 3.33. The molecule has 1 heterocycles. The highest BCUT2D eigenvalue weighted by molar-refractivity contribution is 6.30. The molecule has 4 nitrogen and oxygen atoms in total. The second kappa shape index (κ2) is 6.62. The van der Waals surface area contributed by atoms with E-state index in [0.29, 0.717) is 23.0 Å². The topological polar surface area (TPSA) is 57.8 Å². The summed E-state index contributed by atoms with van der Waals surface area (Å²) in [4.78, 5) is 12.1. The van der Waals surface area contributed by atoms with Crippen molar-refractivity contribution in [2.45, 2.75) is 6.54 Å². The number of carbonyl (C=O) groups is 1. The highest BCUT2D eigenvalue weighted by Gasteiger charge is 2.10. The maximum absolute atomic E-state index is 12.8. The van der Waals surface area contributed by atoms with Gasteiger partial charge in [-0.05, 0) is 35.9 Å². The van der Waals surface area contributed by atoms with Crippen LogP contribution in [0, 0.1) is 5.82 Å². The number of rotatable bonds is 4. The van der Waals surface area contributed by atoms with Crippen LogP contribution in [0.4, 0.5) is 4.39 Å². The van der Waals surface area contributed by atoms with Crippen LogP contribution in [0.5, 0.6) is 0 Å². The van der Waals surface area contributed by atoms with Gasteiger partial charge in [-0.2, -0.15) is 5.10 Å². The van der Waals surface area contributed by atoms with Crippen molar-refractivity contribution >= 4 is 17.5 Å². The van der Waals surface area contributed by atoms with Gasteiger partial charge in [0.05, 0.1) is 5.69 Å². The van der Waals surface area contributed by atoms with Gasteiger partial charge >= 0.3 is 0 Å². The average molecular weight is 330 g/mol. The quantitative estimate of drug-likeness (QED) is 0.765. The van der Waals surface area contributed by atoms with Crippen molar-refractivity contribution in [1.29, 1.82) is 0 Å². The van der Waals surface area contributed by atoms with Crippen LogP contribution in [0.2, 0.25) is 5.02 Å². The zero-order chi connectivity index (χ0) is 16.2. The summed E-state index contributed by atoms with van der Waals surface area (Å²) < 4.78 is 12.8. The van der Waals surface area contributed by atoms with E-state index in [2.05, 4.69) is 15.5 Å². The summed E-state index contributed by atoms with van der Waals surface area (Å²) in [5.41, 5.74) is 2.70. The number of aromatic amines is 1. The van der Waals surface area contributed by atoms with Crippen molar-refractivity contribution in [2.75, 3.05) is 0 Å². The highest BCUT2D eigenvalue weighted by atomic mass is 35.5. The summed E-state index contributed by atoms with van der Waals surface area (Å²) in [5, 5.41) is 10.2. The van der Waals surface area contributed by atoms with E-state index in [-0.39, 0.29) is 11.7 Å². The molecule has 0 atom stereocenters. The lowest BCUT2D eigenvalue weighted by atomic mass is 10.1. The number of hydrogen-bond acceptors (Lipinski definition) is 2. The Bertz CT molecular complexity index is 813. The Labute approximate surface area is 137 Å². The molecule has 0 saturated heterocycles. The van der Waals surface area contributed by atoms with Gasteiger partial charge in [0.15, 0.2) is 0 Å². The minimum absolute atomic E-state index is 0.276. The van der Waals surface area contributed by atoms with E-state index in [1.807, 2.05) is 12.1 Å². The molecule has 0 aliphatic carbocycles. The number of carbonyl (C=O) groups excluding carboxylic acids is 1. The number of benzene rings is 2. The predicted molar refractivity (Wildman–Crippen MR) is 86.6 cm³/mol. The number of halogens is 2. The van der Waals surface area contributed by atoms with Gasteiger partial charge in [-0.15, -0.1) is 0 Å². The van der Waals surface area contributed by atoms with Crippen LogP contribution in [0.15, 0.2) is 54.6 Å². The van der Waals surface area contributed by atoms with E-state index in [1.54, 1.807) is 30.3 Å². The summed E-state index contributed by atoms with van der Waals surface area (Å²) in [5.74, 6) is -0.580. The molecule has 0 saturated carbocycles. The Morgan fingerprint density at radius 2 is 1.83 bits per heavy atom. The highest BCUT2D eigenvalue weighted by Crippen LogP contribution is 2.20. The predicted octanol–water partition coefficient (Wildman–Crippen LogP) is 3.80. The van der Waals surface area contributed by atoms with Crippen LogP contribution in [0.3, 0.4) is 0 Å². The van der Waals surface area contributed by atoms with Gasteiger partial charge in [-0.3, -0.25) is 9.89 Å². The third-order valence-corrected chi connectivity index (χ3v) is 3.58. The third kappa shape index (κ3) is 3.76. The van der Waals surface area contributed by atoms with E-state index in [1.165, 1.54) is 12.1 Å². The minimum Gasteiger partial charge on any atom is -0.347 e. The number of nitrogens with one attached hydrogen (secondary N) is 2. The van der Waals surface area contributed by atoms with Crippen molar-refractivity contribution in [2.24, 2.45) is 0 Å². The molecule has 0 unspecified atom stereocenters. The largest absolute Gasteiger partial charge is 0.347 e. The lowest BCUT2D eigenvalue weighted by molar-refractivity contribution is 0.0946. The fraction of sp³-hybridized carbons (Fsp3) is 0.0588. The lowest BCUT2D eigenvalue weighted by Gasteiger charge is -2.03. The molecule has 0 radical (unpaired) electrons. The Kier molecular flexibility index (Phi) is 4.39. The SMILES string of the molecule is O=C(NCc1ccc(F)cc1)c1cc(-c2ccc(Cl)cc2)n[nH]1. The molecule has 3 aromatic rings. The summed E-state index contributed by atoms with van der Waals surface area (Å²) in [7, 11) is 0. The monoisotopic (exact) mass is 329 g/mol. The van der Waals surface area contributed by atoms with E-state index >= 15 is 0 Å². The first-order chi connectivity index (χ1) is 11.1. The number of nitrogens with zero attached hydrogens (tertiary/aromatic N) is 1. The standard InChI is InChI=1S/C17H13ClFN3O/c18-13-5-3-12(4-6-13)15-9-16(22-21-15)17(23)20-10-11-1-7-14(19)8-2-11/h1-9H,10H2,(H,20,23)(H,21,22). The molecule has 1 aromatic heterocycles. The van der Waals surface area contributed by atoms with Gasteiger partial charge < -0.3 is 5.32 Å². The Morgan fingerprint density at radius 1 is 1.13 bits per heavy atom. The Balaban J connectivity index is 1.66. The van der Waals surface area contributed by atoms with Gasteiger partial charge in [0.25, 0.3) is 5.91 Å². The molecular weight excluding hydrogens is 317 g/mol. The molecule has 0 aliphatic rings.